The highest BCUT2D eigenvalue weighted by molar-refractivity contribution is 14.1. The summed E-state index contributed by atoms with van der Waals surface area (Å²) < 4.78 is 13.6. The van der Waals surface area contributed by atoms with Crippen molar-refractivity contribution in [2.24, 2.45) is 0 Å². The Bertz CT molecular complexity index is 420. The van der Waals surface area contributed by atoms with Gasteiger partial charge in [-0.25, -0.2) is 4.39 Å². The molecule has 0 aliphatic heterocycles. The van der Waals surface area contributed by atoms with Gasteiger partial charge in [-0.3, -0.25) is 4.79 Å². The van der Waals surface area contributed by atoms with Gasteiger partial charge in [-0.2, -0.15) is 0 Å². The van der Waals surface area contributed by atoms with E-state index in [1.807, 2.05) is 29.5 Å². The first-order valence-corrected chi connectivity index (χ1v) is 6.53. The topological polar surface area (TPSA) is 20.3 Å². The van der Waals surface area contributed by atoms with Crippen molar-refractivity contribution in [3.63, 3.8) is 0 Å². The van der Waals surface area contributed by atoms with Crippen molar-refractivity contribution < 1.29 is 9.18 Å². The molecule has 0 aliphatic carbocycles. The average Bonchev–Trinajstić information content (AvgIpc) is 2.28. The molecule has 1 aromatic rings. The number of carbonyl (C=O) groups excluding carboxylic acids is 1. The van der Waals surface area contributed by atoms with Gasteiger partial charge in [0.1, 0.15) is 5.82 Å². The summed E-state index contributed by atoms with van der Waals surface area (Å²) in [5, 5.41) is 0. The van der Waals surface area contributed by atoms with E-state index in [1.165, 1.54) is 18.2 Å². The van der Waals surface area contributed by atoms with Gasteiger partial charge in [0, 0.05) is 16.7 Å². The number of amides is 1. The van der Waals surface area contributed by atoms with Crippen LogP contribution in [0.1, 0.15) is 23.7 Å². The monoisotopic (exact) mass is 347 g/mol. The van der Waals surface area contributed by atoms with Crippen molar-refractivity contribution in [2.75, 3.05) is 13.1 Å². The van der Waals surface area contributed by atoms with Crippen LogP contribution in [0.4, 0.5) is 4.39 Å². The van der Waals surface area contributed by atoms with E-state index in [0.717, 1.165) is 6.42 Å². The first kappa shape index (κ1) is 14.2. The third-order valence-corrected chi connectivity index (χ3v) is 3.18. The van der Waals surface area contributed by atoms with Crippen LogP contribution >= 0.6 is 22.6 Å². The third-order valence-electron chi connectivity index (χ3n) is 2.29. The fourth-order valence-corrected chi connectivity index (χ4v) is 2.24. The van der Waals surface area contributed by atoms with Crippen LogP contribution in [0.5, 0.6) is 0 Å². The Morgan fingerprint density at radius 1 is 1.59 bits per heavy atom. The number of nitrogens with zero attached hydrogens (tertiary/aromatic N) is 1. The quantitative estimate of drug-likeness (QED) is 0.590. The molecule has 0 saturated heterocycles. The lowest BCUT2D eigenvalue weighted by Crippen LogP contribution is -2.32. The molecule has 1 amide bonds. The number of rotatable bonds is 5. The van der Waals surface area contributed by atoms with Gasteiger partial charge >= 0.3 is 0 Å². The highest BCUT2D eigenvalue weighted by Gasteiger charge is 2.16. The minimum absolute atomic E-state index is 0.0730. The first-order valence-electron chi connectivity index (χ1n) is 5.45. The van der Waals surface area contributed by atoms with Gasteiger partial charge in [-0.05, 0) is 47.2 Å². The van der Waals surface area contributed by atoms with Crippen LogP contribution in [0.25, 0.3) is 0 Å². The van der Waals surface area contributed by atoms with Gasteiger partial charge in [0.05, 0.1) is 5.56 Å². The predicted octanol–water partition coefficient (Wildman–Crippen LogP) is 3.47. The van der Waals surface area contributed by atoms with Gasteiger partial charge in [0.25, 0.3) is 5.91 Å². The molecule has 2 nitrogen and oxygen atoms in total. The van der Waals surface area contributed by atoms with E-state index in [1.54, 1.807) is 11.0 Å². The largest absolute Gasteiger partial charge is 0.335 e. The van der Waals surface area contributed by atoms with Crippen molar-refractivity contribution >= 4 is 28.5 Å². The summed E-state index contributed by atoms with van der Waals surface area (Å²) in [7, 11) is 0. The summed E-state index contributed by atoms with van der Waals surface area (Å²) >= 11 is 1.98. The fourth-order valence-electron chi connectivity index (χ4n) is 1.53. The van der Waals surface area contributed by atoms with E-state index in [9.17, 15) is 9.18 Å². The molecule has 92 valence electrons. The molecule has 0 heterocycles. The Morgan fingerprint density at radius 2 is 2.29 bits per heavy atom. The Hall–Kier alpha value is -0.910. The average molecular weight is 347 g/mol. The minimum atomic E-state index is -0.322. The molecule has 0 fully saturated rings. The Labute approximate surface area is 115 Å². The highest BCUT2D eigenvalue weighted by atomic mass is 127. The van der Waals surface area contributed by atoms with Crippen LogP contribution in [0.3, 0.4) is 0 Å². The molecule has 0 aromatic heterocycles. The van der Waals surface area contributed by atoms with Crippen LogP contribution in [-0.2, 0) is 0 Å². The molecule has 0 aliphatic rings. The van der Waals surface area contributed by atoms with Crippen molar-refractivity contribution in [3.8, 4) is 0 Å². The normalized spacial score (nSPS) is 10.1. The maximum atomic E-state index is 13.0. The molecule has 0 bridgehead atoms. The van der Waals surface area contributed by atoms with Crippen LogP contribution in [-0.4, -0.2) is 23.9 Å². The summed E-state index contributed by atoms with van der Waals surface area (Å²) in [6.07, 6.45) is 2.58. The van der Waals surface area contributed by atoms with Gasteiger partial charge in [0.15, 0.2) is 0 Å². The zero-order valence-electron chi connectivity index (χ0n) is 9.75. The van der Waals surface area contributed by atoms with E-state index in [2.05, 4.69) is 6.58 Å². The zero-order chi connectivity index (χ0) is 12.8. The minimum Gasteiger partial charge on any atom is -0.335 e. The standard InChI is InChI=1S/C13H15FINO/c1-3-7-16(8-4-2)13(17)11-6-5-10(14)9-12(11)15/h3,5-6,9H,1,4,7-8H2,2H3. The smallest absolute Gasteiger partial charge is 0.255 e. The van der Waals surface area contributed by atoms with Crippen molar-refractivity contribution in [1.82, 2.24) is 4.90 Å². The van der Waals surface area contributed by atoms with Gasteiger partial charge in [-0.1, -0.05) is 13.0 Å². The molecule has 0 N–H and O–H groups in total. The Morgan fingerprint density at radius 3 is 2.82 bits per heavy atom. The zero-order valence-corrected chi connectivity index (χ0v) is 11.9. The van der Waals surface area contributed by atoms with Crippen LogP contribution in [0, 0.1) is 9.39 Å². The fraction of sp³-hybridized carbons (Fsp3) is 0.308. The van der Waals surface area contributed by atoms with Crippen molar-refractivity contribution in [1.29, 1.82) is 0 Å². The summed E-state index contributed by atoms with van der Waals surface area (Å²) in [6, 6.07) is 4.21. The van der Waals surface area contributed by atoms with E-state index in [0.29, 0.717) is 22.2 Å². The van der Waals surface area contributed by atoms with Gasteiger partial charge < -0.3 is 4.90 Å². The second-order valence-electron chi connectivity index (χ2n) is 3.66. The number of hydrogen-bond acceptors (Lipinski definition) is 1. The molecule has 1 aromatic carbocycles. The molecule has 0 saturated carbocycles. The maximum absolute atomic E-state index is 13.0. The molecular weight excluding hydrogens is 332 g/mol. The molecule has 0 unspecified atom stereocenters. The van der Waals surface area contributed by atoms with Gasteiger partial charge in [0.2, 0.25) is 0 Å². The summed E-state index contributed by atoms with van der Waals surface area (Å²) in [6.45, 7) is 6.85. The van der Waals surface area contributed by atoms with Crippen LogP contribution < -0.4 is 0 Å². The molecule has 17 heavy (non-hydrogen) atoms. The number of halogens is 2. The lowest BCUT2D eigenvalue weighted by molar-refractivity contribution is 0.0773. The first-order chi connectivity index (χ1) is 8.10. The Balaban J connectivity index is 2.96. The third kappa shape index (κ3) is 3.80. The predicted molar refractivity (Wildman–Crippen MR) is 75.5 cm³/mol. The summed E-state index contributed by atoms with van der Waals surface area (Å²) in [5.41, 5.74) is 0.544. The van der Waals surface area contributed by atoms with Crippen molar-refractivity contribution in [3.05, 3.63) is 45.8 Å². The second-order valence-corrected chi connectivity index (χ2v) is 4.83. The SMILES string of the molecule is C=CCN(CCC)C(=O)c1ccc(F)cc1I. The van der Waals surface area contributed by atoms with E-state index in [4.69, 9.17) is 0 Å². The molecular formula is C13H15FINO. The lowest BCUT2D eigenvalue weighted by atomic mass is 10.2. The number of hydrogen-bond donors (Lipinski definition) is 0. The maximum Gasteiger partial charge on any atom is 0.255 e. The van der Waals surface area contributed by atoms with Crippen molar-refractivity contribution in [2.45, 2.75) is 13.3 Å². The van der Waals surface area contributed by atoms with E-state index >= 15 is 0 Å². The summed E-state index contributed by atoms with van der Waals surface area (Å²) in [4.78, 5) is 13.9. The molecule has 0 radical (unpaired) electrons. The summed E-state index contributed by atoms with van der Waals surface area (Å²) in [5.74, 6) is -0.395. The van der Waals surface area contributed by atoms with Crippen LogP contribution in [0.2, 0.25) is 0 Å². The van der Waals surface area contributed by atoms with Gasteiger partial charge in [-0.15, -0.1) is 6.58 Å². The molecule has 1 rings (SSSR count). The van der Waals surface area contributed by atoms with E-state index in [-0.39, 0.29) is 11.7 Å². The highest BCUT2D eigenvalue weighted by Crippen LogP contribution is 2.16. The lowest BCUT2D eigenvalue weighted by Gasteiger charge is -2.21. The molecule has 0 spiro atoms. The molecule has 4 heteroatoms. The number of carbonyl (C=O) groups is 1. The van der Waals surface area contributed by atoms with E-state index < -0.39 is 0 Å². The number of benzene rings is 1. The Kier molecular flexibility index (Phi) is 5.61. The van der Waals surface area contributed by atoms with Crippen LogP contribution in [0.15, 0.2) is 30.9 Å². The second kappa shape index (κ2) is 6.74. The molecule has 0 atom stereocenters.